The molecule has 7 nitrogen and oxygen atoms in total. The van der Waals surface area contributed by atoms with E-state index < -0.39 is 39.3 Å². The van der Waals surface area contributed by atoms with Gasteiger partial charge in [0.05, 0.1) is 6.42 Å². The quantitative estimate of drug-likeness (QED) is 0.547. The first kappa shape index (κ1) is 19.1. The normalized spacial score (nSPS) is 13.3. The van der Waals surface area contributed by atoms with Crippen molar-refractivity contribution >= 4 is 22.1 Å². The molecule has 23 heavy (non-hydrogen) atoms. The first-order valence-corrected chi connectivity index (χ1v) is 8.63. The van der Waals surface area contributed by atoms with Crippen LogP contribution in [0.25, 0.3) is 0 Å². The van der Waals surface area contributed by atoms with E-state index in [2.05, 4.69) is 0 Å². The van der Waals surface area contributed by atoms with Crippen LogP contribution in [-0.2, 0) is 30.0 Å². The van der Waals surface area contributed by atoms with Crippen molar-refractivity contribution in [2.24, 2.45) is 0 Å². The van der Waals surface area contributed by atoms with Gasteiger partial charge in [-0.3, -0.25) is 14.1 Å². The Morgan fingerprint density at radius 2 is 1.70 bits per heavy atom. The third kappa shape index (κ3) is 4.77. The lowest BCUT2D eigenvalue weighted by molar-refractivity contribution is -0.163. The third-order valence-electron chi connectivity index (χ3n) is 3.72. The Labute approximate surface area is 135 Å². The number of rotatable bonds is 8. The Morgan fingerprint density at radius 3 is 2.09 bits per heavy atom. The summed E-state index contributed by atoms with van der Waals surface area (Å²) in [6.07, 6.45) is -0.328. The Bertz CT molecular complexity index is 648. The molecule has 0 saturated heterocycles. The van der Waals surface area contributed by atoms with Gasteiger partial charge < -0.3 is 9.84 Å². The molecule has 0 aliphatic rings. The van der Waals surface area contributed by atoms with Crippen LogP contribution in [0.2, 0.25) is 0 Å². The molecular weight excluding hydrogens is 324 g/mol. The Balaban J connectivity index is 3.17. The maximum Gasteiger partial charge on any atom is 0.328 e. The average molecular weight is 344 g/mol. The van der Waals surface area contributed by atoms with Gasteiger partial charge >= 0.3 is 11.9 Å². The van der Waals surface area contributed by atoms with Crippen LogP contribution in [0.15, 0.2) is 30.3 Å². The number of carboxylic acid groups (broad SMARTS) is 1. The molecular formula is C15H20O7S. The van der Waals surface area contributed by atoms with Gasteiger partial charge in [0.25, 0.3) is 10.1 Å². The van der Waals surface area contributed by atoms with E-state index in [1.54, 1.807) is 44.2 Å². The molecule has 0 bridgehead atoms. The highest BCUT2D eigenvalue weighted by molar-refractivity contribution is 7.87. The lowest BCUT2D eigenvalue weighted by atomic mass is 9.88. The van der Waals surface area contributed by atoms with Crippen molar-refractivity contribution in [3.8, 4) is 0 Å². The average Bonchev–Trinajstić information content (AvgIpc) is 2.50. The second kappa shape index (κ2) is 7.56. The molecule has 2 N–H and O–H groups in total. The zero-order chi connectivity index (χ0) is 17.7. The molecule has 0 heterocycles. The zero-order valence-corrected chi connectivity index (χ0v) is 13.7. The summed E-state index contributed by atoms with van der Waals surface area (Å²) in [5, 5.41) is 6.59. The number of carboxylic acids is 1. The minimum Gasteiger partial charge on any atom is -0.481 e. The maximum absolute atomic E-state index is 12.2. The van der Waals surface area contributed by atoms with Crippen molar-refractivity contribution in [2.75, 3.05) is 0 Å². The van der Waals surface area contributed by atoms with Crippen molar-refractivity contribution in [3.63, 3.8) is 0 Å². The minimum atomic E-state index is -4.89. The van der Waals surface area contributed by atoms with Gasteiger partial charge in [-0.1, -0.05) is 44.2 Å². The summed E-state index contributed by atoms with van der Waals surface area (Å²) < 4.78 is 37.1. The van der Waals surface area contributed by atoms with E-state index in [4.69, 9.17) is 14.4 Å². The summed E-state index contributed by atoms with van der Waals surface area (Å²) in [6, 6.07) is 8.76. The largest absolute Gasteiger partial charge is 0.481 e. The third-order valence-corrected chi connectivity index (χ3v) is 4.80. The van der Waals surface area contributed by atoms with Gasteiger partial charge in [-0.2, -0.15) is 8.42 Å². The summed E-state index contributed by atoms with van der Waals surface area (Å²) >= 11 is 0. The fraction of sp³-hybridized carbons (Fsp3) is 0.467. The first-order chi connectivity index (χ1) is 10.7. The number of carbonyl (C=O) groups excluding carboxylic acids is 1. The molecule has 0 radical (unpaired) electrons. The second-order valence-corrected chi connectivity index (χ2v) is 6.69. The minimum absolute atomic E-state index is 0.366. The number of hydrogen-bond donors (Lipinski definition) is 2. The lowest BCUT2D eigenvalue weighted by Gasteiger charge is -2.33. The Morgan fingerprint density at radius 1 is 1.17 bits per heavy atom. The number of esters is 1. The maximum atomic E-state index is 12.2. The van der Waals surface area contributed by atoms with E-state index >= 15 is 0 Å². The predicted octanol–water partition coefficient (Wildman–Crippen LogP) is 1.98. The lowest BCUT2D eigenvalue weighted by Crippen LogP contribution is -2.40. The SMILES string of the molecule is CCC(CC)(OC(=O)C(CC(=O)O)S(=O)(=O)O)c1ccccc1. The van der Waals surface area contributed by atoms with Gasteiger partial charge in [-0.25, -0.2) is 0 Å². The Kier molecular flexibility index (Phi) is 6.28. The van der Waals surface area contributed by atoms with E-state index in [-0.39, 0.29) is 0 Å². The zero-order valence-electron chi connectivity index (χ0n) is 12.9. The summed E-state index contributed by atoms with van der Waals surface area (Å²) in [6.45, 7) is 3.53. The van der Waals surface area contributed by atoms with Gasteiger partial charge in [0, 0.05) is 0 Å². The highest BCUT2D eigenvalue weighted by atomic mass is 32.2. The van der Waals surface area contributed by atoms with Gasteiger partial charge in [-0.05, 0) is 18.4 Å². The molecule has 0 aliphatic heterocycles. The molecule has 0 fully saturated rings. The molecule has 0 amide bonds. The highest BCUT2D eigenvalue weighted by Crippen LogP contribution is 2.34. The van der Waals surface area contributed by atoms with Gasteiger partial charge in [0.1, 0.15) is 5.60 Å². The predicted molar refractivity (Wildman–Crippen MR) is 82.4 cm³/mol. The smallest absolute Gasteiger partial charge is 0.328 e. The van der Waals surface area contributed by atoms with Crippen molar-refractivity contribution in [2.45, 2.75) is 44.0 Å². The van der Waals surface area contributed by atoms with Crippen LogP contribution in [0, 0.1) is 0 Å². The van der Waals surface area contributed by atoms with Gasteiger partial charge in [0.2, 0.25) is 0 Å². The fourth-order valence-electron chi connectivity index (χ4n) is 2.33. The van der Waals surface area contributed by atoms with E-state index in [9.17, 15) is 18.0 Å². The first-order valence-electron chi connectivity index (χ1n) is 7.12. The highest BCUT2D eigenvalue weighted by Gasteiger charge is 2.40. The molecule has 0 spiro atoms. The van der Waals surface area contributed by atoms with Gasteiger partial charge in [-0.15, -0.1) is 0 Å². The second-order valence-electron chi connectivity index (χ2n) is 5.09. The van der Waals surface area contributed by atoms with E-state index in [1.165, 1.54) is 0 Å². The van der Waals surface area contributed by atoms with E-state index in [0.717, 1.165) is 0 Å². The number of hydrogen-bond acceptors (Lipinski definition) is 5. The van der Waals surface area contributed by atoms with Crippen LogP contribution in [-0.4, -0.2) is 35.3 Å². The van der Waals surface area contributed by atoms with Crippen LogP contribution < -0.4 is 0 Å². The summed E-state index contributed by atoms with van der Waals surface area (Å²) in [5.41, 5.74) is -0.414. The molecule has 1 aromatic rings. The van der Waals surface area contributed by atoms with Crippen LogP contribution >= 0.6 is 0 Å². The number of aliphatic carboxylic acids is 1. The molecule has 0 aromatic heterocycles. The fourth-order valence-corrected chi connectivity index (χ4v) is 2.98. The van der Waals surface area contributed by atoms with Crippen molar-refractivity contribution in [3.05, 3.63) is 35.9 Å². The summed E-state index contributed by atoms with van der Waals surface area (Å²) in [5.74, 6) is -2.80. The van der Waals surface area contributed by atoms with Crippen LogP contribution in [0.3, 0.4) is 0 Å². The molecule has 128 valence electrons. The Hall–Kier alpha value is -1.93. The van der Waals surface area contributed by atoms with Crippen molar-refractivity contribution < 1.29 is 32.4 Å². The van der Waals surface area contributed by atoms with Crippen molar-refractivity contribution in [1.29, 1.82) is 0 Å². The summed E-state index contributed by atoms with van der Waals surface area (Å²) in [7, 11) is -4.89. The molecule has 1 aromatic carbocycles. The molecule has 0 aliphatic carbocycles. The van der Waals surface area contributed by atoms with Crippen LogP contribution in [0.5, 0.6) is 0 Å². The van der Waals surface area contributed by atoms with Crippen molar-refractivity contribution in [1.82, 2.24) is 0 Å². The van der Waals surface area contributed by atoms with E-state index in [1.807, 2.05) is 0 Å². The topological polar surface area (TPSA) is 118 Å². The monoisotopic (exact) mass is 344 g/mol. The molecule has 1 rings (SSSR count). The summed E-state index contributed by atoms with van der Waals surface area (Å²) in [4.78, 5) is 23.0. The molecule has 0 saturated carbocycles. The molecule has 1 atom stereocenters. The number of benzene rings is 1. The number of carbonyl (C=O) groups is 2. The van der Waals surface area contributed by atoms with Crippen LogP contribution in [0.4, 0.5) is 0 Å². The molecule has 1 unspecified atom stereocenters. The number of ether oxygens (including phenoxy) is 1. The van der Waals surface area contributed by atoms with Crippen LogP contribution in [0.1, 0.15) is 38.7 Å². The standard InChI is InChI=1S/C15H20O7S/c1-3-15(4-2,11-8-6-5-7-9-11)22-14(18)12(10-13(16)17)23(19,20)21/h5-9,12H,3-4,10H2,1-2H3,(H,16,17)(H,19,20,21). The molecule has 8 heteroatoms. The van der Waals surface area contributed by atoms with Gasteiger partial charge in [0.15, 0.2) is 5.25 Å². The van der Waals surface area contributed by atoms with E-state index in [0.29, 0.717) is 18.4 Å².